The first-order valence-electron chi connectivity index (χ1n) is 6.61. The van der Waals surface area contributed by atoms with Gasteiger partial charge in [0.2, 0.25) is 0 Å². The summed E-state index contributed by atoms with van der Waals surface area (Å²) in [7, 11) is 0. The standard InChI is InChI=1S/C13H26NO2.Y/c1-2-15-12-13-8-5-3-4-6-10-16-11-7-9-14-13;/h13-14H,1-12H2;/q-1;. The molecule has 1 aliphatic rings. The fraction of sp³-hybridized carbons (Fsp3) is 0.923. The maximum Gasteiger partial charge on any atom is 0.0583 e. The number of hydrogen-bond acceptors (Lipinski definition) is 3. The molecule has 1 rings (SSSR count). The molecule has 3 nitrogen and oxygen atoms in total. The van der Waals surface area contributed by atoms with Crippen molar-refractivity contribution in [3.8, 4) is 0 Å². The molecule has 4 heteroatoms. The number of nitrogens with one attached hydrogen (secondary N) is 1. The van der Waals surface area contributed by atoms with E-state index in [0.717, 1.165) is 32.8 Å². The van der Waals surface area contributed by atoms with Crippen LogP contribution in [-0.2, 0) is 42.2 Å². The molecule has 0 aliphatic carbocycles. The summed E-state index contributed by atoms with van der Waals surface area (Å²) in [6, 6.07) is 0.501. The van der Waals surface area contributed by atoms with Crippen molar-refractivity contribution < 1.29 is 42.2 Å². The summed E-state index contributed by atoms with van der Waals surface area (Å²) in [6.07, 6.45) is 7.43. The van der Waals surface area contributed by atoms with Crippen LogP contribution in [0.4, 0.5) is 0 Å². The topological polar surface area (TPSA) is 30.5 Å². The molecular weight excluding hydrogens is 291 g/mol. The first-order valence-corrected chi connectivity index (χ1v) is 6.61. The molecular formula is C13H26NO2Y-. The van der Waals surface area contributed by atoms with Gasteiger partial charge in [0, 0.05) is 52.0 Å². The summed E-state index contributed by atoms with van der Waals surface area (Å²) < 4.78 is 10.9. The van der Waals surface area contributed by atoms with Crippen molar-refractivity contribution in [2.45, 2.75) is 44.6 Å². The molecule has 0 spiro atoms. The second kappa shape index (κ2) is 13.4. The van der Waals surface area contributed by atoms with Crippen LogP contribution in [0.1, 0.15) is 38.5 Å². The number of ether oxygens (including phenoxy) is 2. The van der Waals surface area contributed by atoms with E-state index in [2.05, 4.69) is 12.2 Å². The summed E-state index contributed by atoms with van der Waals surface area (Å²) in [4.78, 5) is 0. The Morgan fingerprint density at radius 2 is 1.88 bits per heavy atom. The molecule has 1 aliphatic heterocycles. The molecule has 0 aromatic rings. The fourth-order valence-electron chi connectivity index (χ4n) is 2.00. The average Bonchev–Trinajstić information content (AvgIpc) is 2.28. The molecule has 0 saturated carbocycles. The molecule has 17 heavy (non-hydrogen) atoms. The van der Waals surface area contributed by atoms with E-state index in [1.54, 1.807) is 0 Å². The van der Waals surface area contributed by atoms with E-state index < -0.39 is 0 Å². The molecule has 1 saturated heterocycles. The minimum atomic E-state index is 0. The van der Waals surface area contributed by atoms with Crippen LogP contribution >= 0.6 is 0 Å². The quantitative estimate of drug-likeness (QED) is 0.809. The first kappa shape index (κ1) is 18.0. The van der Waals surface area contributed by atoms with Crippen molar-refractivity contribution in [2.75, 3.05) is 33.0 Å². The van der Waals surface area contributed by atoms with Gasteiger partial charge in [-0.3, -0.25) is 0 Å². The Morgan fingerprint density at radius 1 is 1.12 bits per heavy atom. The van der Waals surface area contributed by atoms with E-state index in [4.69, 9.17) is 9.47 Å². The second-order valence-corrected chi connectivity index (χ2v) is 4.39. The van der Waals surface area contributed by atoms with Gasteiger partial charge >= 0.3 is 0 Å². The van der Waals surface area contributed by atoms with Gasteiger partial charge in [-0.15, -0.1) is 0 Å². The second-order valence-electron chi connectivity index (χ2n) is 4.39. The maximum atomic E-state index is 5.54. The summed E-state index contributed by atoms with van der Waals surface area (Å²) >= 11 is 0. The van der Waals surface area contributed by atoms with Crippen molar-refractivity contribution in [1.82, 2.24) is 5.32 Å². The van der Waals surface area contributed by atoms with Gasteiger partial charge in [-0.25, -0.2) is 0 Å². The van der Waals surface area contributed by atoms with Gasteiger partial charge in [-0.2, -0.15) is 0 Å². The summed E-state index contributed by atoms with van der Waals surface area (Å²) in [5, 5.41) is 3.54. The monoisotopic (exact) mass is 317 g/mol. The zero-order valence-electron chi connectivity index (χ0n) is 11.0. The van der Waals surface area contributed by atoms with Crippen LogP contribution in [0.2, 0.25) is 0 Å². The van der Waals surface area contributed by atoms with Crippen LogP contribution in [-0.4, -0.2) is 39.0 Å². The molecule has 0 bridgehead atoms. The van der Waals surface area contributed by atoms with Crippen LogP contribution in [0.5, 0.6) is 0 Å². The van der Waals surface area contributed by atoms with Crippen LogP contribution in [0, 0.1) is 6.92 Å². The first-order chi connectivity index (χ1) is 7.93. The largest absolute Gasteiger partial charge is 0.412 e. The minimum Gasteiger partial charge on any atom is -0.412 e. The predicted molar refractivity (Wildman–Crippen MR) is 66.5 cm³/mol. The summed E-state index contributed by atoms with van der Waals surface area (Å²) in [5.41, 5.74) is 0. The molecule has 1 N–H and O–H groups in total. The van der Waals surface area contributed by atoms with Crippen molar-refractivity contribution in [3.05, 3.63) is 6.92 Å². The van der Waals surface area contributed by atoms with E-state index >= 15 is 0 Å². The van der Waals surface area contributed by atoms with Gasteiger partial charge < -0.3 is 21.7 Å². The fourth-order valence-corrected chi connectivity index (χ4v) is 2.00. The van der Waals surface area contributed by atoms with Crippen molar-refractivity contribution in [3.63, 3.8) is 0 Å². The minimum absolute atomic E-state index is 0. The van der Waals surface area contributed by atoms with Gasteiger partial charge in [0.05, 0.1) is 6.61 Å². The maximum absolute atomic E-state index is 5.54. The van der Waals surface area contributed by atoms with Crippen LogP contribution in [0.15, 0.2) is 0 Å². The third kappa shape index (κ3) is 10.6. The van der Waals surface area contributed by atoms with Crippen molar-refractivity contribution in [1.29, 1.82) is 0 Å². The molecule has 1 unspecified atom stereocenters. The van der Waals surface area contributed by atoms with Gasteiger partial charge in [-0.1, -0.05) is 25.9 Å². The van der Waals surface area contributed by atoms with Gasteiger partial charge in [0.15, 0.2) is 0 Å². The zero-order valence-corrected chi connectivity index (χ0v) is 13.8. The molecule has 1 fully saturated rings. The smallest absolute Gasteiger partial charge is 0.0583 e. The van der Waals surface area contributed by atoms with E-state index in [-0.39, 0.29) is 32.7 Å². The molecule has 1 radical (unpaired) electrons. The Labute approximate surface area is 131 Å². The van der Waals surface area contributed by atoms with Crippen molar-refractivity contribution >= 4 is 0 Å². The SMILES string of the molecule is [CH2-]COCC1CCCCCCOCCCN1.[Y]. The summed E-state index contributed by atoms with van der Waals surface area (Å²) in [5.74, 6) is 0. The van der Waals surface area contributed by atoms with E-state index in [0.29, 0.717) is 12.6 Å². The third-order valence-electron chi connectivity index (χ3n) is 2.95. The molecule has 99 valence electrons. The predicted octanol–water partition coefficient (Wildman–Crippen LogP) is 2.16. The van der Waals surface area contributed by atoms with E-state index in [9.17, 15) is 0 Å². The number of hydrogen-bond donors (Lipinski definition) is 1. The normalized spacial score (nSPS) is 24.2. The zero-order chi connectivity index (χ0) is 11.5. The van der Waals surface area contributed by atoms with Gasteiger partial charge in [-0.05, 0) is 25.8 Å². The molecule has 0 amide bonds. The van der Waals surface area contributed by atoms with Crippen LogP contribution < -0.4 is 5.32 Å². The Bertz CT molecular complexity index is 146. The Kier molecular flexibility index (Phi) is 14.2. The Balaban J connectivity index is 0.00000256. The number of rotatable bonds is 3. The van der Waals surface area contributed by atoms with Crippen molar-refractivity contribution in [2.24, 2.45) is 0 Å². The molecule has 1 heterocycles. The molecule has 0 aromatic carbocycles. The van der Waals surface area contributed by atoms with E-state index in [1.807, 2.05) is 0 Å². The van der Waals surface area contributed by atoms with Crippen LogP contribution in [0.3, 0.4) is 0 Å². The Hall–Kier alpha value is 0.984. The average molecular weight is 317 g/mol. The van der Waals surface area contributed by atoms with Gasteiger partial charge in [0.25, 0.3) is 0 Å². The third-order valence-corrected chi connectivity index (χ3v) is 2.95. The Morgan fingerprint density at radius 3 is 2.71 bits per heavy atom. The van der Waals surface area contributed by atoms with E-state index in [1.165, 1.54) is 32.1 Å². The van der Waals surface area contributed by atoms with Crippen LogP contribution in [0.25, 0.3) is 0 Å². The molecule has 0 aromatic heterocycles. The summed E-state index contributed by atoms with van der Waals surface area (Å²) in [6.45, 7) is 7.93. The molecule has 1 atom stereocenters. The van der Waals surface area contributed by atoms with Gasteiger partial charge in [0.1, 0.15) is 0 Å².